The van der Waals surface area contributed by atoms with Crippen molar-refractivity contribution in [1.29, 1.82) is 0 Å². The van der Waals surface area contributed by atoms with Crippen molar-refractivity contribution in [3.63, 3.8) is 0 Å². The SMILES string of the molecule is O=C1C2CCCN2C(=O)CN1c1cccc2ccncc12. The van der Waals surface area contributed by atoms with Crippen LogP contribution in [0.1, 0.15) is 12.8 Å². The zero-order valence-corrected chi connectivity index (χ0v) is 11.5. The fourth-order valence-electron chi connectivity index (χ4n) is 3.34. The Kier molecular flexibility index (Phi) is 2.67. The number of rotatable bonds is 1. The number of hydrogen-bond acceptors (Lipinski definition) is 3. The summed E-state index contributed by atoms with van der Waals surface area (Å²) in [6, 6.07) is 7.42. The molecule has 1 unspecified atom stereocenters. The molecule has 1 atom stereocenters. The van der Waals surface area contributed by atoms with Gasteiger partial charge in [-0.25, -0.2) is 0 Å². The predicted molar refractivity (Wildman–Crippen MR) is 78.8 cm³/mol. The van der Waals surface area contributed by atoms with Crippen LogP contribution in [0.4, 0.5) is 5.69 Å². The van der Waals surface area contributed by atoms with Crippen LogP contribution in [0, 0.1) is 0 Å². The fraction of sp³-hybridized carbons (Fsp3) is 0.312. The molecule has 2 aromatic rings. The van der Waals surface area contributed by atoms with Gasteiger partial charge in [-0.1, -0.05) is 12.1 Å². The Morgan fingerprint density at radius 1 is 1.19 bits per heavy atom. The molecule has 1 aromatic heterocycles. The summed E-state index contributed by atoms with van der Waals surface area (Å²) in [6.45, 7) is 0.837. The number of nitrogens with zero attached hydrogens (tertiary/aromatic N) is 3. The van der Waals surface area contributed by atoms with E-state index in [0.717, 1.165) is 29.3 Å². The van der Waals surface area contributed by atoms with E-state index in [4.69, 9.17) is 0 Å². The summed E-state index contributed by atoms with van der Waals surface area (Å²) in [6.07, 6.45) is 5.16. The molecule has 0 bridgehead atoms. The van der Waals surface area contributed by atoms with Gasteiger partial charge in [0.25, 0.3) is 0 Å². The summed E-state index contributed by atoms with van der Waals surface area (Å²) in [5.74, 6) is 0.0708. The number of amides is 2. The van der Waals surface area contributed by atoms with Crippen LogP contribution in [-0.4, -0.2) is 40.8 Å². The molecule has 3 heterocycles. The summed E-state index contributed by atoms with van der Waals surface area (Å²) >= 11 is 0. The summed E-state index contributed by atoms with van der Waals surface area (Å²) in [4.78, 5) is 32.5. The second-order valence-corrected chi connectivity index (χ2v) is 5.54. The van der Waals surface area contributed by atoms with Gasteiger partial charge in [0.05, 0.1) is 5.69 Å². The Hall–Kier alpha value is -2.43. The highest BCUT2D eigenvalue weighted by Crippen LogP contribution is 2.31. The third-order valence-electron chi connectivity index (χ3n) is 4.37. The molecule has 0 saturated carbocycles. The topological polar surface area (TPSA) is 53.5 Å². The van der Waals surface area contributed by atoms with E-state index in [2.05, 4.69) is 4.98 Å². The Balaban J connectivity index is 1.81. The van der Waals surface area contributed by atoms with Crippen LogP contribution in [0.2, 0.25) is 0 Å². The highest BCUT2D eigenvalue weighted by atomic mass is 16.2. The first-order valence-corrected chi connectivity index (χ1v) is 7.19. The monoisotopic (exact) mass is 281 g/mol. The number of piperazine rings is 1. The predicted octanol–water partition coefficient (Wildman–Crippen LogP) is 1.57. The number of aromatic nitrogens is 1. The minimum Gasteiger partial charge on any atom is -0.329 e. The average molecular weight is 281 g/mol. The number of fused-ring (bicyclic) bond motifs is 2. The van der Waals surface area contributed by atoms with E-state index >= 15 is 0 Å². The number of hydrogen-bond donors (Lipinski definition) is 0. The van der Waals surface area contributed by atoms with Gasteiger partial charge in [-0.3, -0.25) is 14.6 Å². The molecule has 5 nitrogen and oxygen atoms in total. The van der Waals surface area contributed by atoms with Crippen molar-refractivity contribution in [2.24, 2.45) is 0 Å². The Bertz CT molecular complexity index is 738. The number of benzene rings is 1. The lowest BCUT2D eigenvalue weighted by molar-refractivity contribution is -0.140. The third-order valence-corrected chi connectivity index (χ3v) is 4.37. The molecule has 0 spiro atoms. The first kappa shape index (κ1) is 12.3. The quantitative estimate of drug-likeness (QED) is 0.797. The summed E-state index contributed by atoms with van der Waals surface area (Å²) in [7, 11) is 0. The number of anilines is 1. The van der Waals surface area contributed by atoms with E-state index in [1.54, 1.807) is 22.2 Å². The van der Waals surface area contributed by atoms with Gasteiger partial charge in [-0.05, 0) is 30.4 Å². The van der Waals surface area contributed by atoms with E-state index in [1.165, 1.54) is 0 Å². The van der Waals surface area contributed by atoms with Gasteiger partial charge in [-0.2, -0.15) is 0 Å². The fourth-order valence-corrected chi connectivity index (χ4v) is 3.34. The van der Waals surface area contributed by atoms with Crippen LogP contribution in [0.15, 0.2) is 36.7 Å². The van der Waals surface area contributed by atoms with E-state index in [-0.39, 0.29) is 24.4 Å². The maximum Gasteiger partial charge on any atom is 0.250 e. The van der Waals surface area contributed by atoms with Gasteiger partial charge in [0.15, 0.2) is 0 Å². The smallest absolute Gasteiger partial charge is 0.250 e. The molecule has 2 amide bonds. The number of pyridine rings is 1. The molecule has 4 rings (SSSR count). The normalized spacial score (nSPS) is 22.0. The second-order valence-electron chi connectivity index (χ2n) is 5.54. The lowest BCUT2D eigenvalue weighted by Crippen LogP contribution is -2.57. The van der Waals surface area contributed by atoms with E-state index in [1.807, 2.05) is 24.3 Å². The lowest BCUT2D eigenvalue weighted by Gasteiger charge is -2.36. The summed E-state index contributed by atoms with van der Waals surface area (Å²) in [5, 5.41) is 1.93. The minimum absolute atomic E-state index is 0.0310. The maximum absolute atomic E-state index is 12.7. The van der Waals surface area contributed by atoms with Crippen LogP contribution >= 0.6 is 0 Å². The van der Waals surface area contributed by atoms with Gasteiger partial charge in [0.2, 0.25) is 11.8 Å². The van der Waals surface area contributed by atoms with Crippen LogP contribution in [0.25, 0.3) is 10.8 Å². The molecule has 0 N–H and O–H groups in total. The van der Waals surface area contributed by atoms with Crippen LogP contribution in [0.5, 0.6) is 0 Å². The van der Waals surface area contributed by atoms with Gasteiger partial charge < -0.3 is 9.80 Å². The maximum atomic E-state index is 12.7. The van der Waals surface area contributed by atoms with Crippen molar-refractivity contribution in [2.75, 3.05) is 18.0 Å². The van der Waals surface area contributed by atoms with Crippen molar-refractivity contribution < 1.29 is 9.59 Å². The highest BCUT2D eigenvalue weighted by Gasteiger charge is 2.42. The Morgan fingerprint density at radius 3 is 3.00 bits per heavy atom. The molecule has 1 aromatic carbocycles. The average Bonchev–Trinajstić information content (AvgIpc) is 3.01. The third kappa shape index (κ3) is 1.81. The van der Waals surface area contributed by atoms with E-state index in [0.29, 0.717) is 6.54 Å². The largest absolute Gasteiger partial charge is 0.329 e. The van der Waals surface area contributed by atoms with Gasteiger partial charge >= 0.3 is 0 Å². The highest BCUT2D eigenvalue weighted by molar-refractivity contribution is 6.11. The van der Waals surface area contributed by atoms with Crippen molar-refractivity contribution in [3.05, 3.63) is 36.7 Å². The van der Waals surface area contributed by atoms with Crippen molar-refractivity contribution >= 4 is 28.3 Å². The second kappa shape index (κ2) is 4.55. The van der Waals surface area contributed by atoms with Gasteiger partial charge in [0.1, 0.15) is 12.6 Å². The molecule has 2 saturated heterocycles. The Labute approximate surface area is 122 Å². The molecule has 2 aliphatic heterocycles. The molecule has 0 radical (unpaired) electrons. The van der Waals surface area contributed by atoms with Crippen LogP contribution in [-0.2, 0) is 9.59 Å². The molecular weight excluding hydrogens is 266 g/mol. The van der Waals surface area contributed by atoms with Crippen molar-refractivity contribution in [1.82, 2.24) is 9.88 Å². The van der Waals surface area contributed by atoms with E-state index in [9.17, 15) is 9.59 Å². The zero-order valence-electron chi connectivity index (χ0n) is 11.5. The number of carbonyl (C=O) groups excluding carboxylic acids is 2. The van der Waals surface area contributed by atoms with Crippen molar-refractivity contribution in [3.8, 4) is 0 Å². The van der Waals surface area contributed by atoms with Gasteiger partial charge in [0, 0.05) is 24.3 Å². The molecule has 5 heteroatoms. The van der Waals surface area contributed by atoms with Crippen LogP contribution < -0.4 is 4.90 Å². The van der Waals surface area contributed by atoms with E-state index < -0.39 is 0 Å². The first-order chi connectivity index (χ1) is 10.3. The standard InChI is InChI=1S/C16H15N3O2/c20-15-10-19(16(21)14-5-2-8-18(14)15)13-4-1-3-11-6-7-17-9-12(11)13/h1,3-4,6-7,9,14H,2,5,8,10H2. The van der Waals surface area contributed by atoms with Crippen LogP contribution in [0.3, 0.4) is 0 Å². The molecular formula is C16H15N3O2. The van der Waals surface area contributed by atoms with Gasteiger partial charge in [-0.15, -0.1) is 0 Å². The Morgan fingerprint density at radius 2 is 2.10 bits per heavy atom. The zero-order chi connectivity index (χ0) is 14.4. The minimum atomic E-state index is -0.279. The molecule has 0 aliphatic carbocycles. The number of carbonyl (C=O) groups is 2. The molecule has 2 aliphatic rings. The summed E-state index contributed by atoms with van der Waals surface area (Å²) < 4.78 is 0. The first-order valence-electron chi connectivity index (χ1n) is 7.19. The lowest BCUT2D eigenvalue weighted by atomic mass is 10.1. The van der Waals surface area contributed by atoms with Crippen molar-refractivity contribution in [2.45, 2.75) is 18.9 Å². The summed E-state index contributed by atoms with van der Waals surface area (Å²) in [5.41, 5.74) is 0.783. The molecule has 21 heavy (non-hydrogen) atoms. The molecule has 2 fully saturated rings. The molecule has 106 valence electrons.